The molecular formula is C18H25N3O4. The molecule has 2 amide bonds. The molecule has 7 nitrogen and oxygen atoms in total. The van der Waals surface area contributed by atoms with Gasteiger partial charge in [0, 0.05) is 24.3 Å². The third kappa shape index (κ3) is 4.36. The SMILES string of the molecule is CN(C)CCNC(=O)c1ccc(NC(=O)[C@H]2[C@@H](C(=O)O)C2(C)C)cc1. The van der Waals surface area contributed by atoms with Crippen LogP contribution in [0.5, 0.6) is 0 Å². The van der Waals surface area contributed by atoms with Crippen LogP contribution in [0.15, 0.2) is 24.3 Å². The number of hydrogen-bond acceptors (Lipinski definition) is 4. The van der Waals surface area contributed by atoms with Gasteiger partial charge in [-0.2, -0.15) is 0 Å². The molecule has 2 rings (SSSR count). The molecule has 1 fully saturated rings. The van der Waals surface area contributed by atoms with E-state index in [0.29, 0.717) is 17.8 Å². The number of carbonyl (C=O) groups excluding carboxylic acids is 2. The van der Waals surface area contributed by atoms with Gasteiger partial charge in [-0.05, 0) is 43.8 Å². The van der Waals surface area contributed by atoms with E-state index in [4.69, 9.17) is 5.11 Å². The number of nitrogens with zero attached hydrogens (tertiary/aromatic N) is 1. The van der Waals surface area contributed by atoms with Crippen LogP contribution in [0.2, 0.25) is 0 Å². The Morgan fingerprint density at radius 3 is 2.20 bits per heavy atom. The molecule has 3 N–H and O–H groups in total. The van der Waals surface area contributed by atoms with Gasteiger partial charge in [0.1, 0.15) is 0 Å². The van der Waals surface area contributed by atoms with Crippen molar-refractivity contribution in [2.75, 3.05) is 32.5 Å². The second kappa shape index (κ2) is 7.23. The number of likely N-dealkylation sites (N-methyl/N-ethyl adjacent to an activating group) is 1. The molecule has 1 aliphatic rings. The monoisotopic (exact) mass is 347 g/mol. The molecular weight excluding hydrogens is 322 g/mol. The standard InChI is InChI=1S/C18H25N3O4/c1-18(2)13(14(18)17(24)25)16(23)20-12-7-5-11(6-8-12)15(22)19-9-10-21(3)4/h5-8,13-14H,9-10H2,1-4H3,(H,19,22)(H,20,23)(H,24,25)/t13-,14+/m1/s1. The van der Waals surface area contributed by atoms with Gasteiger partial charge in [0.15, 0.2) is 0 Å². The van der Waals surface area contributed by atoms with E-state index in [-0.39, 0.29) is 11.8 Å². The first-order chi connectivity index (χ1) is 11.6. The van der Waals surface area contributed by atoms with E-state index < -0.39 is 23.2 Å². The predicted octanol–water partition coefficient (Wildman–Crippen LogP) is 1.27. The summed E-state index contributed by atoms with van der Waals surface area (Å²) < 4.78 is 0. The van der Waals surface area contributed by atoms with E-state index in [1.54, 1.807) is 38.1 Å². The first-order valence-electron chi connectivity index (χ1n) is 8.21. The average molecular weight is 347 g/mol. The Morgan fingerprint density at radius 1 is 1.12 bits per heavy atom. The summed E-state index contributed by atoms with van der Waals surface area (Å²) >= 11 is 0. The van der Waals surface area contributed by atoms with E-state index in [0.717, 1.165) is 6.54 Å². The van der Waals surface area contributed by atoms with E-state index in [2.05, 4.69) is 10.6 Å². The van der Waals surface area contributed by atoms with E-state index in [1.807, 2.05) is 19.0 Å². The van der Waals surface area contributed by atoms with Crippen molar-refractivity contribution >= 4 is 23.5 Å². The van der Waals surface area contributed by atoms with E-state index in [1.165, 1.54) is 0 Å². The smallest absolute Gasteiger partial charge is 0.307 e. The number of carboxylic acid groups (broad SMARTS) is 1. The van der Waals surface area contributed by atoms with Gasteiger partial charge in [0.2, 0.25) is 5.91 Å². The number of rotatable bonds is 7. The zero-order chi connectivity index (χ0) is 18.8. The average Bonchev–Trinajstić information content (AvgIpc) is 3.10. The van der Waals surface area contributed by atoms with Crippen molar-refractivity contribution in [3.63, 3.8) is 0 Å². The highest BCUT2D eigenvalue weighted by Gasteiger charge is 2.65. The van der Waals surface area contributed by atoms with Gasteiger partial charge in [-0.3, -0.25) is 14.4 Å². The maximum Gasteiger partial charge on any atom is 0.307 e. The van der Waals surface area contributed by atoms with Crippen molar-refractivity contribution in [2.45, 2.75) is 13.8 Å². The van der Waals surface area contributed by atoms with E-state index in [9.17, 15) is 14.4 Å². The molecule has 0 heterocycles. The third-order valence-corrected chi connectivity index (χ3v) is 4.64. The summed E-state index contributed by atoms with van der Waals surface area (Å²) in [6, 6.07) is 6.55. The molecule has 136 valence electrons. The zero-order valence-electron chi connectivity index (χ0n) is 15.0. The van der Waals surface area contributed by atoms with Crippen molar-refractivity contribution < 1.29 is 19.5 Å². The summed E-state index contributed by atoms with van der Waals surface area (Å²) in [7, 11) is 3.86. The largest absolute Gasteiger partial charge is 0.481 e. The summed E-state index contributed by atoms with van der Waals surface area (Å²) in [6.45, 7) is 4.86. The van der Waals surface area contributed by atoms with Crippen LogP contribution in [-0.2, 0) is 9.59 Å². The maximum atomic E-state index is 12.3. The van der Waals surface area contributed by atoms with Crippen LogP contribution in [0.25, 0.3) is 0 Å². The van der Waals surface area contributed by atoms with Crippen molar-refractivity contribution in [2.24, 2.45) is 17.3 Å². The Labute approximate surface area is 147 Å². The van der Waals surface area contributed by atoms with Crippen LogP contribution in [0.1, 0.15) is 24.2 Å². The first kappa shape index (κ1) is 18.9. The number of benzene rings is 1. The van der Waals surface area contributed by atoms with Crippen LogP contribution >= 0.6 is 0 Å². The molecule has 0 bridgehead atoms. The van der Waals surface area contributed by atoms with Gasteiger partial charge in [0.25, 0.3) is 5.91 Å². The Balaban J connectivity index is 1.91. The zero-order valence-corrected chi connectivity index (χ0v) is 15.0. The summed E-state index contributed by atoms with van der Waals surface area (Å²) in [6.07, 6.45) is 0. The third-order valence-electron chi connectivity index (χ3n) is 4.64. The molecule has 25 heavy (non-hydrogen) atoms. The lowest BCUT2D eigenvalue weighted by molar-refractivity contribution is -0.140. The topological polar surface area (TPSA) is 98.7 Å². The van der Waals surface area contributed by atoms with E-state index >= 15 is 0 Å². The van der Waals surface area contributed by atoms with Crippen LogP contribution in [0.3, 0.4) is 0 Å². The van der Waals surface area contributed by atoms with Gasteiger partial charge in [-0.1, -0.05) is 13.8 Å². The van der Waals surface area contributed by atoms with Crippen LogP contribution in [0, 0.1) is 17.3 Å². The number of amides is 2. The number of aliphatic carboxylic acids is 1. The Kier molecular flexibility index (Phi) is 5.47. The Morgan fingerprint density at radius 2 is 1.72 bits per heavy atom. The number of anilines is 1. The maximum absolute atomic E-state index is 12.3. The van der Waals surface area contributed by atoms with Gasteiger partial charge in [-0.25, -0.2) is 0 Å². The Hall–Kier alpha value is -2.41. The summed E-state index contributed by atoms with van der Waals surface area (Å²) in [5.74, 6) is -2.63. The lowest BCUT2D eigenvalue weighted by atomic mass is 10.1. The normalized spacial score (nSPS) is 20.8. The fraction of sp³-hybridized carbons (Fsp3) is 0.500. The number of carbonyl (C=O) groups is 3. The number of nitrogens with one attached hydrogen (secondary N) is 2. The van der Waals surface area contributed by atoms with Gasteiger partial charge in [0.05, 0.1) is 11.8 Å². The molecule has 0 radical (unpaired) electrons. The highest BCUT2D eigenvalue weighted by atomic mass is 16.4. The molecule has 0 spiro atoms. The van der Waals surface area contributed by atoms with Crippen molar-refractivity contribution in [3.05, 3.63) is 29.8 Å². The fourth-order valence-electron chi connectivity index (χ4n) is 3.01. The van der Waals surface area contributed by atoms with Crippen molar-refractivity contribution in [1.82, 2.24) is 10.2 Å². The molecule has 0 aromatic heterocycles. The second-order valence-electron chi connectivity index (χ2n) is 7.24. The minimum absolute atomic E-state index is 0.172. The lowest BCUT2D eigenvalue weighted by Crippen LogP contribution is -2.31. The highest BCUT2D eigenvalue weighted by molar-refractivity contribution is 6.00. The van der Waals surface area contributed by atoms with Crippen LogP contribution in [-0.4, -0.2) is 55.0 Å². The van der Waals surface area contributed by atoms with Crippen molar-refractivity contribution in [1.29, 1.82) is 0 Å². The molecule has 1 saturated carbocycles. The summed E-state index contributed by atoms with van der Waals surface area (Å²) in [5, 5.41) is 14.7. The van der Waals surface area contributed by atoms with Gasteiger partial charge < -0.3 is 20.6 Å². The number of hydrogen-bond donors (Lipinski definition) is 3. The molecule has 1 aromatic rings. The van der Waals surface area contributed by atoms with Gasteiger partial charge >= 0.3 is 5.97 Å². The molecule has 0 unspecified atom stereocenters. The van der Waals surface area contributed by atoms with Crippen LogP contribution in [0.4, 0.5) is 5.69 Å². The molecule has 0 aliphatic heterocycles. The lowest BCUT2D eigenvalue weighted by Gasteiger charge is -2.11. The Bertz CT molecular complexity index is 667. The highest BCUT2D eigenvalue weighted by Crippen LogP contribution is 2.58. The molecule has 1 aliphatic carbocycles. The predicted molar refractivity (Wildman–Crippen MR) is 94.4 cm³/mol. The minimum Gasteiger partial charge on any atom is -0.481 e. The second-order valence-corrected chi connectivity index (χ2v) is 7.24. The first-order valence-corrected chi connectivity index (χ1v) is 8.21. The minimum atomic E-state index is -0.949. The molecule has 7 heteroatoms. The summed E-state index contributed by atoms with van der Waals surface area (Å²) in [5.41, 5.74) is 0.510. The molecule has 0 saturated heterocycles. The quantitative estimate of drug-likeness (QED) is 0.690. The fourth-order valence-corrected chi connectivity index (χ4v) is 3.01. The number of carboxylic acids is 1. The molecule has 2 atom stereocenters. The van der Waals surface area contributed by atoms with Crippen LogP contribution < -0.4 is 10.6 Å². The van der Waals surface area contributed by atoms with Crippen molar-refractivity contribution in [3.8, 4) is 0 Å². The molecule has 1 aromatic carbocycles. The van der Waals surface area contributed by atoms with Gasteiger partial charge in [-0.15, -0.1) is 0 Å². The summed E-state index contributed by atoms with van der Waals surface area (Å²) in [4.78, 5) is 37.4.